The molecule has 4 aromatic rings. The minimum Gasteiger partial charge on any atom is -0.292 e. The topological polar surface area (TPSA) is 54.3 Å². The minimum atomic E-state index is -0.0200. The Kier molecular flexibility index (Phi) is 4.87. The molecule has 29 heavy (non-hydrogen) atoms. The van der Waals surface area contributed by atoms with Crippen LogP contribution in [-0.4, -0.2) is 50.7 Å². The van der Waals surface area contributed by atoms with Crippen LogP contribution in [0.5, 0.6) is 0 Å². The maximum Gasteiger partial charge on any atom is 0.275 e. The van der Waals surface area contributed by atoms with E-state index in [9.17, 15) is 4.79 Å². The van der Waals surface area contributed by atoms with Gasteiger partial charge in [-0.2, -0.15) is 5.10 Å². The van der Waals surface area contributed by atoms with Crippen LogP contribution < -0.4 is 5.56 Å². The number of hydrogen-bond acceptors (Lipinski definition) is 6. The molecule has 1 saturated heterocycles. The molecule has 1 aliphatic rings. The Morgan fingerprint density at radius 1 is 1.03 bits per heavy atom. The van der Waals surface area contributed by atoms with Crippen molar-refractivity contribution in [2.45, 2.75) is 19.6 Å². The molecule has 0 saturated carbocycles. The molecule has 2 aromatic carbocycles. The van der Waals surface area contributed by atoms with Crippen LogP contribution in [0, 0.1) is 0 Å². The molecule has 1 fully saturated rings. The largest absolute Gasteiger partial charge is 0.292 e. The van der Waals surface area contributed by atoms with Crippen LogP contribution in [0.15, 0.2) is 59.5 Å². The van der Waals surface area contributed by atoms with Gasteiger partial charge in [0.25, 0.3) is 5.56 Å². The summed E-state index contributed by atoms with van der Waals surface area (Å²) in [5.41, 5.74) is 1.06. The van der Waals surface area contributed by atoms with Gasteiger partial charge in [-0.05, 0) is 25.1 Å². The van der Waals surface area contributed by atoms with Crippen molar-refractivity contribution in [2.75, 3.05) is 26.2 Å². The summed E-state index contributed by atoms with van der Waals surface area (Å²) in [7, 11) is 0. The third-order valence-corrected chi connectivity index (χ3v) is 6.92. The van der Waals surface area contributed by atoms with Crippen LogP contribution in [0.4, 0.5) is 0 Å². The van der Waals surface area contributed by atoms with E-state index < -0.39 is 0 Å². The predicted octanol–water partition coefficient (Wildman–Crippen LogP) is 3.34. The molecule has 1 aliphatic heterocycles. The van der Waals surface area contributed by atoms with Crippen LogP contribution in [0.2, 0.25) is 0 Å². The minimum absolute atomic E-state index is 0.0200. The third kappa shape index (κ3) is 3.57. The molecule has 0 bridgehead atoms. The van der Waals surface area contributed by atoms with E-state index in [-0.39, 0.29) is 5.56 Å². The summed E-state index contributed by atoms with van der Waals surface area (Å²) in [5.74, 6) is 0. The van der Waals surface area contributed by atoms with E-state index in [1.54, 1.807) is 22.2 Å². The Hall–Kier alpha value is -2.61. The molecule has 0 spiro atoms. The van der Waals surface area contributed by atoms with E-state index in [2.05, 4.69) is 40.0 Å². The molecule has 7 heteroatoms. The second-order valence-corrected chi connectivity index (χ2v) is 8.59. The summed E-state index contributed by atoms with van der Waals surface area (Å²) in [6, 6.07) is 16.2. The van der Waals surface area contributed by atoms with Gasteiger partial charge in [-0.1, -0.05) is 30.3 Å². The first-order valence-electron chi connectivity index (χ1n) is 9.96. The van der Waals surface area contributed by atoms with Crippen LogP contribution >= 0.6 is 11.3 Å². The molecule has 5 rings (SSSR count). The highest BCUT2D eigenvalue weighted by atomic mass is 32.1. The highest BCUT2D eigenvalue weighted by molar-refractivity contribution is 7.18. The molecule has 0 N–H and O–H groups in total. The fraction of sp³-hybridized carbons (Fsp3) is 0.318. The molecule has 2 aromatic heterocycles. The van der Waals surface area contributed by atoms with Crippen LogP contribution in [0.1, 0.15) is 18.0 Å². The number of fused-ring (bicyclic) bond motifs is 2. The lowest BCUT2D eigenvalue weighted by atomic mass is 10.2. The number of benzene rings is 2. The molecule has 3 heterocycles. The lowest BCUT2D eigenvalue weighted by Gasteiger charge is -2.37. The highest BCUT2D eigenvalue weighted by Crippen LogP contribution is 2.29. The van der Waals surface area contributed by atoms with E-state index in [1.807, 2.05) is 30.3 Å². The number of nitrogens with zero attached hydrogens (tertiary/aromatic N) is 5. The van der Waals surface area contributed by atoms with Gasteiger partial charge >= 0.3 is 0 Å². The summed E-state index contributed by atoms with van der Waals surface area (Å²) in [4.78, 5) is 22.3. The zero-order valence-electron chi connectivity index (χ0n) is 16.4. The summed E-state index contributed by atoms with van der Waals surface area (Å²) < 4.78 is 2.82. The van der Waals surface area contributed by atoms with Crippen LogP contribution in [-0.2, 0) is 6.67 Å². The number of hydrogen-bond donors (Lipinski definition) is 0. The Bertz CT molecular complexity index is 1180. The smallest absolute Gasteiger partial charge is 0.275 e. The number of rotatable bonds is 4. The highest BCUT2D eigenvalue weighted by Gasteiger charge is 2.24. The lowest BCUT2D eigenvalue weighted by molar-refractivity contribution is 0.0781. The van der Waals surface area contributed by atoms with Crippen molar-refractivity contribution in [3.63, 3.8) is 0 Å². The van der Waals surface area contributed by atoms with E-state index in [1.165, 1.54) is 9.71 Å². The number of para-hydroxylation sites is 1. The van der Waals surface area contributed by atoms with Gasteiger partial charge in [0.1, 0.15) is 5.01 Å². The molecule has 148 valence electrons. The Morgan fingerprint density at radius 3 is 2.62 bits per heavy atom. The van der Waals surface area contributed by atoms with Gasteiger partial charge in [0.2, 0.25) is 0 Å². The van der Waals surface area contributed by atoms with Gasteiger partial charge in [0.15, 0.2) is 0 Å². The maximum atomic E-state index is 12.7. The van der Waals surface area contributed by atoms with Crippen molar-refractivity contribution >= 4 is 32.3 Å². The van der Waals surface area contributed by atoms with Crippen molar-refractivity contribution < 1.29 is 0 Å². The average molecular weight is 406 g/mol. The second kappa shape index (κ2) is 7.67. The zero-order valence-corrected chi connectivity index (χ0v) is 17.2. The monoisotopic (exact) mass is 405 g/mol. The summed E-state index contributed by atoms with van der Waals surface area (Å²) in [6.07, 6.45) is 1.78. The molecule has 0 radical (unpaired) electrons. The zero-order chi connectivity index (χ0) is 19.8. The van der Waals surface area contributed by atoms with Crippen molar-refractivity contribution in [3.05, 3.63) is 70.1 Å². The molecular weight excluding hydrogens is 382 g/mol. The van der Waals surface area contributed by atoms with E-state index in [0.717, 1.165) is 42.5 Å². The molecule has 0 unspecified atom stereocenters. The van der Waals surface area contributed by atoms with E-state index >= 15 is 0 Å². The number of thiazole rings is 1. The van der Waals surface area contributed by atoms with Crippen LogP contribution in [0.3, 0.4) is 0 Å². The molecule has 1 atom stereocenters. The van der Waals surface area contributed by atoms with Gasteiger partial charge in [-0.3, -0.25) is 14.6 Å². The van der Waals surface area contributed by atoms with Crippen LogP contribution in [0.25, 0.3) is 21.0 Å². The van der Waals surface area contributed by atoms with Gasteiger partial charge < -0.3 is 0 Å². The SMILES string of the molecule is C[C@@H](c1nc2ccccc2s1)N1CCN(Cn2ncc3ccccc3c2=O)CC1. The van der Waals surface area contributed by atoms with Crippen molar-refractivity contribution in [1.29, 1.82) is 0 Å². The van der Waals surface area contributed by atoms with Crippen molar-refractivity contribution in [1.82, 2.24) is 24.6 Å². The Balaban J connectivity index is 1.26. The van der Waals surface area contributed by atoms with Gasteiger partial charge in [0, 0.05) is 31.6 Å². The predicted molar refractivity (Wildman–Crippen MR) is 117 cm³/mol. The number of aromatic nitrogens is 3. The molecule has 0 amide bonds. The fourth-order valence-electron chi connectivity index (χ4n) is 3.93. The van der Waals surface area contributed by atoms with Gasteiger partial charge in [-0.25, -0.2) is 9.67 Å². The Morgan fingerprint density at radius 2 is 1.79 bits per heavy atom. The van der Waals surface area contributed by atoms with Gasteiger partial charge in [0.05, 0.1) is 34.5 Å². The summed E-state index contributed by atoms with van der Waals surface area (Å²) >= 11 is 1.78. The fourth-order valence-corrected chi connectivity index (χ4v) is 4.99. The first-order chi connectivity index (χ1) is 14.2. The standard InChI is InChI=1S/C22H23N5OS/c1-16(21-24-19-8-4-5-9-20(19)29-21)26-12-10-25(11-13-26)15-27-22(28)18-7-3-2-6-17(18)14-23-27/h2-9,14,16H,10-13,15H2,1H3/t16-/m0/s1. The van der Waals surface area contributed by atoms with Crippen molar-refractivity contribution in [3.8, 4) is 0 Å². The number of piperazine rings is 1. The first-order valence-corrected chi connectivity index (χ1v) is 10.8. The average Bonchev–Trinajstić information content (AvgIpc) is 3.20. The molecular formula is C22H23N5OS. The summed E-state index contributed by atoms with van der Waals surface area (Å²) in [5, 5.41) is 7.16. The first kappa shape index (κ1) is 18.4. The van der Waals surface area contributed by atoms with E-state index in [0.29, 0.717) is 12.7 Å². The van der Waals surface area contributed by atoms with Crippen molar-refractivity contribution in [2.24, 2.45) is 0 Å². The molecule has 6 nitrogen and oxygen atoms in total. The normalized spacial score (nSPS) is 17.1. The maximum absolute atomic E-state index is 12.7. The van der Waals surface area contributed by atoms with Gasteiger partial charge in [-0.15, -0.1) is 11.3 Å². The third-order valence-electron chi connectivity index (χ3n) is 5.72. The van der Waals surface area contributed by atoms with E-state index in [4.69, 9.17) is 4.98 Å². The lowest BCUT2D eigenvalue weighted by Crippen LogP contribution is -2.48. The second-order valence-electron chi connectivity index (χ2n) is 7.53. The summed E-state index contributed by atoms with van der Waals surface area (Å²) in [6.45, 7) is 6.51. The quantitative estimate of drug-likeness (QED) is 0.521. The molecule has 0 aliphatic carbocycles. The Labute approximate surface area is 173 Å².